The van der Waals surface area contributed by atoms with Gasteiger partial charge >= 0.3 is 6.09 Å². The van der Waals surface area contributed by atoms with Gasteiger partial charge in [-0.1, -0.05) is 22.0 Å². The number of thiophene rings is 1. The van der Waals surface area contributed by atoms with Gasteiger partial charge in [-0.05, 0) is 18.2 Å². The molecule has 0 saturated carbocycles. The number of nitrogens with two attached hydrogens (primary N) is 1. The Morgan fingerprint density at radius 3 is 3.06 bits per heavy atom. The number of hydrogen-bond acceptors (Lipinski definition) is 4. The molecule has 4 nitrogen and oxygen atoms in total. The molecule has 0 bridgehead atoms. The van der Waals surface area contributed by atoms with Crippen molar-refractivity contribution in [3.63, 3.8) is 0 Å². The average Bonchev–Trinajstić information content (AvgIpc) is 2.93. The molecule has 1 aliphatic heterocycles. The van der Waals surface area contributed by atoms with Crippen molar-refractivity contribution in [3.8, 4) is 0 Å². The summed E-state index contributed by atoms with van der Waals surface area (Å²) in [5.41, 5.74) is 5.53. The third-order valence-electron chi connectivity index (χ3n) is 2.90. The first-order valence-corrected chi connectivity index (χ1v) is 7.16. The van der Waals surface area contributed by atoms with Gasteiger partial charge in [0.15, 0.2) is 0 Å². The van der Waals surface area contributed by atoms with Crippen LogP contribution in [0.2, 0.25) is 0 Å². The van der Waals surface area contributed by atoms with Crippen molar-refractivity contribution in [2.75, 3.05) is 18.0 Å². The predicted molar refractivity (Wildman–Crippen MR) is 76.2 cm³/mol. The van der Waals surface area contributed by atoms with E-state index in [-0.39, 0.29) is 12.2 Å². The van der Waals surface area contributed by atoms with Crippen LogP contribution in [0.3, 0.4) is 0 Å². The second-order valence-electron chi connectivity index (χ2n) is 4.09. The molecule has 2 N–H and O–H groups in total. The molecule has 94 valence electrons. The molecule has 1 aromatic heterocycles. The zero-order valence-corrected chi connectivity index (χ0v) is 11.8. The van der Waals surface area contributed by atoms with Gasteiger partial charge in [0.2, 0.25) is 0 Å². The standard InChI is InChI=1S/C12H11BrN2O2S/c13-9-2-1-3-10-8(9)4-11(18-10)15-6-7(5-14)17-12(15)16/h1-4,7H,5-6,14H2/t7-/m1/s1. The largest absolute Gasteiger partial charge is 0.443 e. The van der Waals surface area contributed by atoms with Gasteiger partial charge in [-0.15, -0.1) is 11.3 Å². The first-order chi connectivity index (χ1) is 8.69. The van der Waals surface area contributed by atoms with Gasteiger partial charge in [0.1, 0.15) is 11.1 Å². The molecule has 0 radical (unpaired) electrons. The Hall–Kier alpha value is -1.11. The van der Waals surface area contributed by atoms with Gasteiger partial charge < -0.3 is 10.5 Å². The first-order valence-electron chi connectivity index (χ1n) is 5.55. The fourth-order valence-electron chi connectivity index (χ4n) is 1.97. The molecule has 1 aliphatic rings. The Kier molecular flexibility index (Phi) is 3.01. The van der Waals surface area contributed by atoms with Crippen LogP contribution in [0.5, 0.6) is 0 Å². The smallest absolute Gasteiger partial charge is 0.415 e. The maximum atomic E-state index is 11.7. The molecule has 6 heteroatoms. The van der Waals surface area contributed by atoms with Crippen LogP contribution in [0.15, 0.2) is 28.7 Å². The number of fused-ring (bicyclic) bond motifs is 1. The van der Waals surface area contributed by atoms with Crippen LogP contribution in [0, 0.1) is 0 Å². The summed E-state index contributed by atoms with van der Waals surface area (Å²) in [7, 11) is 0. The van der Waals surface area contributed by atoms with Gasteiger partial charge in [-0.25, -0.2) is 4.79 Å². The summed E-state index contributed by atoms with van der Waals surface area (Å²) in [5, 5.41) is 2.01. The number of hydrogen-bond donors (Lipinski definition) is 1. The number of benzene rings is 1. The van der Waals surface area contributed by atoms with Gasteiger partial charge in [0, 0.05) is 21.1 Å². The van der Waals surface area contributed by atoms with E-state index in [4.69, 9.17) is 10.5 Å². The Morgan fingerprint density at radius 1 is 1.56 bits per heavy atom. The van der Waals surface area contributed by atoms with Gasteiger partial charge in [-0.3, -0.25) is 4.90 Å². The van der Waals surface area contributed by atoms with Crippen molar-refractivity contribution in [2.24, 2.45) is 5.73 Å². The van der Waals surface area contributed by atoms with E-state index in [9.17, 15) is 4.79 Å². The molecular formula is C12H11BrN2O2S. The molecule has 0 aliphatic carbocycles. The normalized spacial score (nSPS) is 19.6. The summed E-state index contributed by atoms with van der Waals surface area (Å²) in [6.07, 6.45) is -0.515. The van der Waals surface area contributed by atoms with E-state index in [2.05, 4.69) is 15.9 Å². The number of anilines is 1. The molecule has 0 spiro atoms. The van der Waals surface area contributed by atoms with Crippen molar-refractivity contribution in [1.29, 1.82) is 0 Å². The number of ether oxygens (including phenoxy) is 1. The molecule has 2 heterocycles. The highest BCUT2D eigenvalue weighted by molar-refractivity contribution is 9.10. The third-order valence-corrected chi connectivity index (χ3v) is 4.71. The van der Waals surface area contributed by atoms with E-state index in [1.54, 1.807) is 16.2 Å². The lowest BCUT2D eigenvalue weighted by Crippen LogP contribution is -2.26. The van der Waals surface area contributed by atoms with E-state index in [1.807, 2.05) is 24.3 Å². The van der Waals surface area contributed by atoms with Crippen LogP contribution in [0.4, 0.5) is 9.80 Å². The number of amides is 1. The minimum Gasteiger partial charge on any atom is -0.443 e. The molecule has 1 amide bonds. The molecule has 1 atom stereocenters. The Balaban J connectivity index is 2.00. The van der Waals surface area contributed by atoms with E-state index >= 15 is 0 Å². The monoisotopic (exact) mass is 326 g/mol. The average molecular weight is 327 g/mol. The highest BCUT2D eigenvalue weighted by Gasteiger charge is 2.32. The quantitative estimate of drug-likeness (QED) is 0.923. The molecule has 3 rings (SSSR count). The number of carbonyl (C=O) groups is 1. The summed E-state index contributed by atoms with van der Waals surface area (Å²) >= 11 is 5.09. The van der Waals surface area contributed by atoms with Crippen molar-refractivity contribution < 1.29 is 9.53 Å². The lowest BCUT2D eigenvalue weighted by molar-refractivity contribution is 0.145. The van der Waals surface area contributed by atoms with Crippen molar-refractivity contribution >= 4 is 48.4 Å². The van der Waals surface area contributed by atoms with Crippen LogP contribution >= 0.6 is 27.3 Å². The number of carbonyl (C=O) groups excluding carboxylic acids is 1. The molecule has 1 fully saturated rings. The molecule has 0 unspecified atom stereocenters. The number of cyclic esters (lactones) is 1. The first kappa shape index (κ1) is 12.0. The van der Waals surface area contributed by atoms with Gasteiger partial charge in [0.25, 0.3) is 0 Å². The van der Waals surface area contributed by atoms with E-state index in [0.29, 0.717) is 13.1 Å². The molecule has 1 saturated heterocycles. The minimum absolute atomic E-state index is 0.203. The lowest BCUT2D eigenvalue weighted by Gasteiger charge is -2.08. The lowest BCUT2D eigenvalue weighted by atomic mass is 10.2. The second kappa shape index (κ2) is 4.53. The number of rotatable bonds is 2. The minimum atomic E-state index is -0.312. The van der Waals surface area contributed by atoms with Crippen LogP contribution in [0.25, 0.3) is 10.1 Å². The predicted octanol–water partition coefficient (Wildman–Crippen LogP) is 2.95. The Labute approximate surface area is 116 Å². The fraction of sp³-hybridized carbons (Fsp3) is 0.250. The molecule has 18 heavy (non-hydrogen) atoms. The van der Waals surface area contributed by atoms with Crippen molar-refractivity contribution in [2.45, 2.75) is 6.10 Å². The molecular weight excluding hydrogens is 316 g/mol. The van der Waals surface area contributed by atoms with Crippen molar-refractivity contribution in [1.82, 2.24) is 0 Å². The molecule has 2 aromatic rings. The summed E-state index contributed by atoms with van der Waals surface area (Å²) in [6, 6.07) is 8.02. The highest BCUT2D eigenvalue weighted by atomic mass is 79.9. The summed E-state index contributed by atoms with van der Waals surface area (Å²) < 4.78 is 7.34. The van der Waals surface area contributed by atoms with Gasteiger partial charge in [-0.2, -0.15) is 0 Å². The van der Waals surface area contributed by atoms with E-state index in [1.165, 1.54) is 0 Å². The van der Waals surface area contributed by atoms with Gasteiger partial charge in [0.05, 0.1) is 6.54 Å². The Bertz CT molecular complexity index is 613. The SMILES string of the molecule is NC[C@@H]1CN(c2cc3c(Br)cccc3s2)C(=O)O1. The highest BCUT2D eigenvalue weighted by Crippen LogP contribution is 2.37. The maximum Gasteiger partial charge on any atom is 0.415 e. The zero-order valence-electron chi connectivity index (χ0n) is 9.43. The van der Waals surface area contributed by atoms with Crippen LogP contribution in [0.1, 0.15) is 0 Å². The number of nitrogens with zero attached hydrogens (tertiary/aromatic N) is 1. The number of halogens is 1. The summed E-state index contributed by atoms with van der Waals surface area (Å²) in [5.74, 6) is 0. The fourth-order valence-corrected chi connectivity index (χ4v) is 3.67. The van der Waals surface area contributed by atoms with Crippen LogP contribution in [-0.4, -0.2) is 25.3 Å². The summed E-state index contributed by atoms with van der Waals surface area (Å²) in [6.45, 7) is 0.886. The summed E-state index contributed by atoms with van der Waals surface area (Å²) in [4.78, 5) is 13.4. The van der Waals surface area contributed by atoms with E-state index < -0.39 is 0 Å². The zero-order chi connectivity index (χ0) is 12.7. The second-order valence-corrected chi connectivity index (χ2v) is 6.00. The third kappa shape index (κ3) is 1.90. The Morgan fingerprint density at radius 2 is 2.39 bits per heavy atom. The van der Waals surface area contributed by atoms with E-state index in [0.717, 1.165) is 19.6 Å². The van der Waals surface area contributed by atoms with Crippen LogP contribution in [-0.2, 0) is 4.74 Å². The topological polar surface area (TPSA) is 55.6 Å². The van der Waals surface area contributed by atoms with Crippen molar-refractivity contribution in [3.05, 3.63) is 28.7 Å². The van der Waals surface area contributed by atoms with Crippen LogP contribution < -0.4 is 10.6 Å². The maximum absolute atomic E-state index is 11.7. The molecule has 1 aromatic carbocycles.